The van der Waals surface area contributed by atoms with Gasteiger partial charge in [-0.1, -0.05) is 12.1 Å². The van der Waals surface area contributed by atoms with Crippen molar-refractivity contribution in [3.8, 4) is 0 Å². The third-order valence-electron chi connectivity index (χ3n) is 3.17. The highest BCUT2D eigenvalue weighted by Crippen LogP contribution is 2.18. The van der Waals surface area contributed by atoms with Gasteiger partial charge in [-0.15, -0.1) is 0 Å². The second-order valence-corrected chi connectivity index (χ2v) is 5.13. The SMILES string of the molecule is CCOCn1cc(NC(=S)Nc2cccc(C)c2C)cn1. The van der Waals surface area contributed by atoms with Crippen LogP contribution in [0.2, 0.25) is 0 Å². The Morgan fingerprint density at radius 1 is 1.33 bits per heavy atom. The smallest absolute Gasteiger partial charge is 0.175 e. The standard InChI is InChI=1S/C15H20N4OS/c1-4-20-10-19-9-13(8-16-19)17-15(21)18-14-7-5-6-11(2)12(14)3/h5-9H,4,10H2,1-3H3,(H2,17,18,21). The Morgan fingerprint density at radius 3 is 2.90 bits per heavy atom. The molecular weight excluding hydrogens is 284 g/mol. The first-order chi connectivity index (χ1) is 10.1. The molecule has 0 aliphatic heterocycles. The molecule has 112 valence electrons. The van der Waals surface area contributed by atoms with Crippen molar-refractivity contribution in [2.24, 2.45) is 0 Å². The zero-order valence-corrected chi connectivity index (χ0v) is 13.3. The lowest BCUT2D eigenvalue weighted by molar-refractivity contribution is 0.0792. The van der Waals surface area contributed by atoms with Crippen molar-refractivity contribution in [2.45, 2.75) is 27.5 Å². The van der Waals surface area contributed by atoms with Crippen LogP contribution in [-0.4, -0.2) is 21.5 Å². The maximum Gasteiger partial charge on any atom is 0.175 e. The molecule has 0 atom stereocenters. The van der Waals surface area contributed by atoms with E-state index in [1.54, 1.807) is 10.9 Å². The summed E-state index contributed by atoms with van der Waals surface area (Å²) in [6, 6.07) is 6.09. The molecule has 1 aromatic heterocycles. The van der Waals surface area contributed by atoms with Gasteiger partial charge < -0.3 is 15.4 Å². The third kappa shape index (κ3) is 4.27. The fraction of sp³-hybridized carbons (Fsp3) is 0.333. The van der Waals surface area contributed by atoms with Gasteiger partial charge in [-0.2, -0.15) is 5.10 Å². The Bertz CT molecular complexity index is 624. The third-order valence-corrected chi connectivity index (χ3v) is 3.38. The molecule has 21 heavy (non-hydrogen) atoms. The first-order valence-corrected chi connectivity index (χ1v) is 7.25. The fourth-order valence-corrected chi connectivity index (χ4v) is 2.08. The van der Waals surface area contributed by atoms with Crippen LogP contribution in [0.4, 0.5) is 11.4 Å². The normalized spacial score (nSPS) is 10.4. The molecule has 0 amide bonds. The number of aryl methyl sites for hydroxylation is 1. The van der Waals surface area contributed by atoms with Gasteiger partial charge in [0.2, 0.25) is 0 Å². The summed E-state index contributed by atoms with van der Waals surface area (Å²) in [6.45, 7) is 7.20. The Labute approximate surface area is 130 Å². The molecule has 6 heteroatoms. The molecule has 2 aromatic rings. The van der Waals surface area contributed by atoms with Gasteiger partial charge in [0.1, 0.15) is 6.73 Å². The lowest BCUT2D eigenvalue weighted by atomic mass is 10.1. The van der Waals surface area contributed by atoms with E-state index in [9.17, 15) is 0 Å². The topological polar surface area (TPSA) is 51.1 Å². The van der Waals surface area contributed by atoms with Crippen LogP contribution < -0.4 is 10.6 Å². The molecule has 0 aliphatic carbocycles. The molecule has 0 spiro atoms. The number of hydrogen-bond donors (Lipinski definition) is 2. The van der Waals surface area contributed by atoms with Crippen LogP contribution in [0.5, 0.6) is 0 Å². The van der Waals surface area contributed by atoms with E-state index in [1.807, 2.05) is 25.3 Å². The van der Waals surface area contributed by atoms with E-state index in [2.05, 4.69) is 35.6 Å². The highest BCUT2D eigenvalue weighted by molar-refractivity contribution is 7.80. The number of rotatable bonds is 5. The number of hydrogen-bond acceptors (Lipinski definition) is 3. The van der Waals surface area contributed by atoms with Gasteiger partial charge >= 0.3 is 0 Å². The Kier molecular flexibility index (Phi) is 5.30. The van der Waals surface area contributed by atoms with Crippen LogP contribution in [0.3, 0.4) is 0 Å². The van der Waals surface area contributed by atoms with E-state index in [1.165, 1.54) is 11.1 Å². The number of anilines is 2. The largest absolute Gasteiger partial charge is 0.360 e. The molecule has 0 aliphatic rings. The molecule has 0 bridgehead atoms. The molecule has 0 saturated heterocycles. The molecule has 0 fully saturated rings. The van der Waals surface area contributed by atoms with Crippen molar-refractivity contribution in [3.63, 3.8) is 0 Å². The van der Waals surface area contributed by atoms with E-state index < -0.39 is 0 Å². The summed E-state index contributed by atoms with van der Waals surface area (Å²) in [4.78, 5) is 0. The Hall–Kier alpha value is -1.92. The Balaban J connectivity index is 1.95. The summed E-state index contributed by atoms with van der Waals surface area (Å²) in [7, 11) is 0. The van der Waals surface area contributed by atoms with Gasteiger partial charge in [-0.25, -0.2) is 4.68 Å². The molecule has 2 N–H and O–H groups in total. The maximum absolute atomic E-state index is 5.33. The monoisotopic (exact) mass is 304 g/mol. The molecule has 5 nitrogen and oxygen atoms in total. The quantitative estimate of drug-likeness (QED) is 0.830. The maximum atomic E-state index is 5.33. The van der Waals surface area contributed by atoms with Gasteiger partial charge in [0.15, 0.2) is 5.11 Å². The molecular formula is C15H20N4OS. The van der Waals surface area contributed by atoms with Gasteiger partial charge in [0.05, 0.1) is 18.1 Å². The van der Waals surface area contributed by atoms with E-state index in [4.69, 9.17) is 17.0 Å². The van der Waals surface area contributed by atoms with Crippen molar-refractivity contribution in [1.82, 2.24) is 9.78 Å². The van der Waals surface area contributed by atoms with Gasteiger partial charge in [-0.05, 0) is 50.2 Å². The average Bonchev–Trinajstić information content (AvgIpc) is 2.89. The summed E-state index contributed by atoms with van der Waals surface area (Å²) < 4.78 is 7.00. The number of thiocarbonyl (C=S) groups is 1. The summed E-state index contributed by atoms with van der Waals surface area (Å²) in [5, 5.41) is 11.0. The van der Waals surface area contributed by atoms with Crippen LogP contribution in [0.15, 0.2) is 30.6 Å². The van der Waals surface area contributed by atoms with Crippen molar-refractivity contribution in [2.75, 3.05) is 17.2 Å². The van der Waals surface area contributed by atoms with Crippen LogP contribution in [0.1, 0.15) is 18.1 Å². The predicted molar refractivity (Wildman–Crippen MR) is 89.6 cm³/mol. The summed E-state index contributed by atoms with van der Waals surface area (Å²) in [5.74, 6) is 0. The molecule has 1 heterocycles. The number of benzene rings is 1. The molecule has 0 unspecified atom stereocenters. The van der Waals surface area contributed by atoms with E-state index in [0.717, 1.165) is 11.4 Å². The van der Waals surface area contributed by atoms with Gasteiger partial charge in [0, 0.05) is 12.3 Å². The fourth-order valence-electron chi connectivity index (χ4n) is 1.85. The summed E-state index contributed by atoms with van der Waals surface area (Å²) >= 11 is 5.33. The molecule has 0 radical (unpaired) electrons. The lowest BCUT2D eigenvalue weighted by Crippen LogP contribution is -2.19. The van der Waals surface area contributed by atoms with Gasteiger partial charge in [0.25, 0.3) is 0 Å². The number of ether oxygens (including phenoxy) is 1. The van der Waals surface area contributed by atoms with Crippen LogP contribution >= 0.6 is 12.2 Å². The average molecular weight is 304 g/mol. The van der Waals surface area contributed by atoms with Crippen LogP contribution in [-0.2, 0) is 11.5 Å². The minimum Gasteiger partial charge on any atom is -0.360 e. The first kappa shape index (κ1) is 15.5. The zero-order valence-electron chi connectivity index (χ0n) is 12.5. The predicted octanol–water partition coefficient (Wildman–Crippen LogP) is 3.30. The Morgan fingerprint density at radius 2 is 2.14 bits per heavy atom. The highest BCUT2D eigenvalue weighted by Gasteiger charge is 2.05. The molecule has 1 aromatic carbocycles. The number of nitrogens with zero attached hydrogens (tertiary/aromatic N) is 2. The van der Waals surface area contributed by atoms with E-state index in [0.29, 0.717) is 18.5 Å². The second kappa shape index (κ2) is 7.19. The first-order valence-electron chi connectivity index (χ1n) is 6.84. The number of aromatic nitrogens is 2. The molecule has 0 saturated carbocycles. The van der Waals surface area contributed by atoms with E-state index >= 15 is 0 Å². The molecule has 2 rings (SSSR count). The van der Waals surface area contributed by atoms with Crippen molar-refractivity contribution >= 4 is 28.7 Å². The number of nitrogens with one attached hydrogen (secondary N) is 2. The highest BCUT2D eigenvalue weighted by atomic mass is 32.1. The minimum atomic E-state index is 0.440. The van der Waals surface area contributed by atoms with Crippen molar-refractivity contribution < 1.29 is 4.74 Å². The van der Waals surface area contributed by atoms with Crippen LogP contribution in [0.25, 0.3) is 0 Å². The van der Waals surface area contributed by atoms with E-state index in [-0.39, 0.29) is 0 Å². The van der Waals surface area contributed by atoms with Crippen molar-refractivity contribution in [3.05, 3.63) is 41.7 Å². The van der Waals surface area contributed by atoms with Crippen molar-refractivity contribution in [1.29, 1.82) is 0 Å². The lowest BCUT2D eigenvalue weighted by Gasteiger charge is -2.12. The van der Waals surface area contributed by atoms with Gasteiger partial charge in [-0.3, -0.25) is 0 Å². The minimum absolute atomic E-state index is 0.440. The summed E-state index contributed by atoms with van der Waals surface area (Å²) in [5.41, 5.74) is 4.26. The summed E-state index contributed by atoms with van der Waals surface area (Å²) in [6.07, 6.45) is 3.57. The second-order valence-electron chi connectivity index (χ2n) is 4.72. The van der Waals surface area contributed by atoms with Crippen LogP contribution in [0, 0.1) is 13.8 Å². The zero-order chi connectivity index (χ0) is 15.2.